The predicted octanol–water partition coefficient (Wildman–Crippen LogP) is 2.94. The van der Waals surface area contributed by atoms with Gasteiger partial charge < -0.3 is 20.5 Å². The monoisotopic (exact) mass is 340 g/mol. The highest BCUT2D eigenvalue weighted by Gasteiger charge is 2.29. The lowest BCUT2D eigenvalue weighted by Gasteiger charge is -2.19. The summed E-state index contributed by atoms with van der Waals surface area (Å²) in [5.41, 5.74) is 2.28. The number of fused-ring (bicyclic) bond motifs is 3. The zero-order chi connectivity index (χ0) is 18.0. The third-order valence-electron chi connectivity index (χ3n) is 4.47. The molecule has 0 saturated heterocycles. The van der Waals surface area contributed by atoms with Crippen molar-refractivity contribution in [2.45, 2.75) is 25.3 Å². The van der Waals surface area contributed by atoms with Crippen LogP contribution >= 0.6 is 0 Å². The highest BCUT2D eigenvalue weighted by molar-refractivity contribution is 6.09. The Morgan fingerprint density at radius 3 is 2.44 bits per heavy atom. The average molecular weight is 340 g/mol. The lowest BCUT2D eigenvalue weighted by molar-refractivity contribution is -0.141. The molecule has 0 aliphatic carbocycles. The van der Waals surface area contributed by atoms with Gasteiger partial charge in [0.25, 0.3) is 0 Å². The molecule has 3 rings (SSSR count). The first-order chi connectivity index (χ1) is 12.0. The van der Waals surface area contributed by atoms with Crippen LogP contribution in [0.2, 0.25) is 0 Å². The Labute approximate surface area is 144 Å². The van der Waals surface area contributed by atoms with Crippen molar-refractivity contribution < 1.29 is 19.8 Å². The second-order valence-corrected chi connectivity index (χ2v) is 6.02. The molecule has 0 spiro atoms. The SMILES string of the molecule is CCN[C@@H](CC(C(=O)O)c1cccc2c1[nH]c1ccccc12)C(=O)O. The summed E-state index contributed by atoms with van der Waals surface area (Å²) in [5, 5.41) is 23.9. The highest BCUT2D eigenvalue weighted by Crippen LogP contribution is 2.33. The molecule has 0 fully saturated rings. The van der Waals surface area contributed by atoms with Crippen molar-refractivity contribution in [2.24, 2.45) is 0 Å². The Balaban J connectivity index is 2.10. The van der Waals surface area contributed by atoms with Crippen molar-refractivity contribution in [3.63, 3.8) is 0 Å². The molecule has 2 aromatic carbocycles. The lowest BCUT2D eigenvalue weighted by atomic mass is 9.90. The fourth-order valence-electron chi connectivity index (χ4n) is 3.30. The summed E-state index contributed by atoms with van der Waals surface area (Å²) in [4.78, 5) is 26.6. The first-order valence-corrected chi connectivity index (χ1v) is 8.21. The van der Waals surface area contributed by atoms with Crippen molar-refractivity contribution >= 4 is 33.7 Å². The minimum absolute atomic E-state index is 0.0208. The van der Waals surface area contributed by atoms with Crippen LogP contribution in [0.4, 0.5) is 0 Å². The van der Waals surface area contributed by atoms with E-state index in [1.807, 2.05) is 36.4 Å². The molecular formula is C19H20N2O4. The minimum Gasteiger partial charge on any atom is -0.481 e. The van der Waals surface area contributed by atoms with Gasteiger partial charge in [0.05, 0.1) is 11.4 Å². The largest absolute Gasteiger partial charge is 0.481 e. The van der Waals surface area contributed by atoms with Crippen molar-refractivity contribution in [2.75, 3.05) is 6.54 Å². The van der Waals surface area contributed by atoms with Crippen LogP contribution in [0.15, 0.2) is 42.5 Å². The van der Waals surface area contributed by atoms with Gasteiger partial charge >= 0.3 is 11.9 Å². The Hall–Kier alpha value is -2.86. The summed E-state index contributed by atoms with van der Waals surface area (Å²) in [6.07, 6.45) is -0.0208. The Morgan fingerprint density at radius 2 is 1.76 bits per heavy atom. The molecule has 0 radical (unpaired) electrons. The summed E-state index contributed by atoms with van der Waals surface area (Å²) < 4.78 is 0. The van der Waals surface area contributed by atoms with Crippen LogP contribution in [0.3, 0.4) is 0 Å². The number of carboxylic acids is 2. The van der Waals surface area contributed by atoms with Gasteiger partial charge in [0.15, 0.2) is 0 Å². The number of carbonyl (C=O) groups is 2. The lowest BCUT2D eigenvalue weighted by Crippen LogP contribution is -2.38. The van der Waals surface area contributed by atoms with Crippen molar-refractivity contribution in [3.05, 3.63) is 48.0 Å². The number of H-pyrrole nitrogens is 1. The maximum Gasteiger partial charge on any atom is 0.320 e. The van der Waals surface area contributed by atoms with Crippen LogP contribution in [0.1, 0.15) is 24.8 Å². The molecule has 4 N–H and O–H groups in total. The molecule has 130 valence electrons. The van der Waals surface area contributed by atoms with E-state index < -0.39 is 23.9 Å². The molecule has 0 bridgehead atoms. The maximum atomic E-state index is 11.9. The van der Waals surface area contributed by atoms with Gasteiger partial charge in [-0.2, -0.15) is 0 Å². The number of nitrogens with one attached hydrogen (secondary N) is 2. The van der Waals surface area contributed by atoms with Gasteiger partial charge in [0.2, 0.25) is 0 Å². The van der Waals surface area contributed by atoms with Gasteiger partial charge in [-0.3, -0.25) is 9.59 Å². The van der Waals surface area contributed by atoms with E-state index in [0.29, 0.717) is 12.1 Å². The van der Waals surface area contributed by atoms with Gasteiger partial charge in [-0.1, -0.05) is 43.3 Å². The number of aliphatic carboxylic acids is 2. The summed E-state index contributed by atoms with van der Waals surface area (Å²) in [6, 6.07) is 12.4. The fraction of sp³-hybridized carbons (Fsp3) is 0.263. The first kappa shape index (κ1) is 17.0. The van der Waals surface area contributed by atoms with E-state index in [4.69, 9.17) is 0 Å². The number of hydrogen-bond donors (Lipinski definition) is 4. The summed E-state index contributed by atoms with van der Waals surface area (Å²) in [7, 11) is 0. The number of carboxylic acid groups (broad SMARTS) is 2. The van der Waals surface area contributed by atoms with E-state index >= 15 is 0 Å². The molecule has 0 aliphatic rings. The zero-order valence-corrected chi connectivity index (χ0v) is 13.8. The molecule has 25 heavy (non-hydrogen) atoms. The van der Waals surface area contributed by atoms with E-state index in [1.54, 1.807) is 13.0 Å². The van der Waals surface area contributed by atoms with Crippen LogP contribution in [-0.2, 0) is 9.59 Å². The van der Waals surface area contributed by atoms with E-state index in [-0.39, 0.29) is 6.42 Å². The third-order valence-corrected chi connectivity index (χ3v) is 4.47. The van der Waals surface area contributed by atoms with Crippen LogP contribution in [0, 0.1) is 0 Å². The third kappa shape index (κ3) is 3.21. The molecule has 1 heterocycles. The van der Waals surface area contributed by atoms with Crippen molar-refractivity contribution in [1.29, 1.82) is 0 Å². The van der Waals surface area contributed by atoms with Crippen LogP contribution in [0.5, 0.6) is 0 Å². The smallest absolute Gasteiger partial charge is 0.320 e. The van der Waals surface area contributed by atoms with Gasteiger partial charge in [0.1, 0.15) is 6.04 Å². The van der Waals surface area contributed by atoms with Crippen molar-refractivity contribution in [1.82, 2.24) is 10.3 Å². The van der Waals surface area contributed by atoms with Gasteiger partial charge in [-0.05, 0) is 24.6 Å². The standard InChI is InChI=1S/C19H20N2O4/c1-2-20-16(19(24)25)10-14(18(22)23)13-8-5-7-12-11-6-3-4-9-15(11)21-17(12)13/h3-9,14,16,20-21H,2,10H2,1H3,(H,22,23)(H,24,25)/t14?,16-/m0/s1. The van der Waals surface area contributed by atoms with Crippen LogP contribution in [0.25, 0.3) is 21.8 Å². The van der Waals surface area contributed by atoms with Crippen LogP contribution < -0.4 is 5.32 Å². The molecule has 0 amide bonds. The predicted molar refractivity (Wildman–Crippen MR) is 95.9 cm³/mol. The topological polar surface area (TPSA) is 102 Å². The number of aromatic amines is 1. The minimum atomic E-state index is -1.04. The second-order valence-electron chi connectivity index (χ2n) is 6.02. The second kappa shape index (κ2) is 6.94. The van der Waals surface area contributed by atoms with E-state index in [1.165, 1.54) is 0 Å². The molecule has 1 unspecified atom stereocenters. The number of rotatable bonds is 7. The average Bonchev–Trinajstić information content (AvgIpc) is 2.97. The molecule has 3 aromatic rings. The fourth-order valence-corrected chi connectivity index (χ4v) is 3.30. The van der Waals surface area contributed by atoms with E-state index in [9.17, 15) is 19.8 Å². The summed E-state index contributed by atoms with van der Waals surface area (Å²) >= 11 is 0. The van der Waals surface area contributed by atoms with Gasteiger partial charge in [-0.15, -0.1) is 0 Å². The Kier molecular flexibility index (Phi) is 4.72. The van der Waals surface area contributed by atoms with Gasteiger partial charge in [-0.25, -0.2) is 0 Å². The number of likely N-dealkylation sites (N-methyl/N-ethyl adjacent to an activating group) is 1. The first-order valence-electron chi connectivity index (χ1n) is 8.21. The Bertz CT molecular complexity index is 931. The molecule has 1 aromatic heterocycles. The number of para-hydroxylation sites is 2. The van der Waals surface area contributed by atoms with Crippen LogP contribution in [-0.4, -0.2) is 39.7 Å². The molecule has 6 heteroatoms. The van der Waals surface area contributed by atoms with E-state index in [0.717, 1.165) is 21.8 Å². The quantitative estimate of drug-likeness (QED) is 0.529. The van der Waals surface area contributed by atoms with Gasteiger partial charge in [0, 0.05) is 16.3 Å². The molecule has 2 atom stereocenters. The molecule has 0 saturated carbocycles. The maximum absolute atomic E-state index is 11.9. The van der Waals surface area contributed by atoms with E-state index in [2.05, 4.69) is 10.3 Å². The molecular weight excluding hydrogens is 320 g/mol. The number of hydrogen-bond acceptors (Lipinski definition) is 3. The molecule has 0 aliphatic heterocycles. The normalized spacial score (nSPS) is 13.8. The van der Waals surface area contributed by atoms with Crippen molar-refractivity contribution in [3.8, 4) is 0 Å². The molecule has 6 nitrogen and oxygen atoms in total. The number of benzene rings is 2. The summed E-state index contributed by atoms with van der Waals surface area (Å²) in [5.74, 6) is -3.00. The summed E-state index contributed by atoms with van der Waals surface area (Å²) in [6.45, 7) is 2.25. The Morgan fingerprint density at radius 1 is 1.04 bits per heavy atom. The zero-order valence-electron chi connectivity index (χ0n) is 13.8. The number of aromatic nitrogens is 1. The highest BCUT2D eigenvalue weighted by atomic mass is 16.4.